The summed E-state index contributed by atoms with van der Waals surface area (Å²) in [6, 6.07) is 6.79. The van der Waals surface area contributed by atoms with E-state index in [-0.39, 0.29) is 5.56 Å². The molecule has 0 fully saturated rings. The van der Waals surface area contributed by atoms with E-state index in [4.69, 9.17) is 28.9 Å². The van der Waals surface area contributed by atoms with Gasteiger partial charge < -0.3 is 10.8 Å². The Morgan fingerprint density at radius 3 is 2.50 bits per heavy atom. The molecule has 112 valence electrons. The summed E-state index contributed by atoms with van der Waals surface area (Å²) in [7, 11) is 0. The first kappa shape index (κ1) is 14.9. The second-order valence-electron chi connectivity index (χ2n) is 4.47. The third kappa shape index (κ3) is 2.25. The number of halogens is 2. The summed E-state index contributed by atoms with van der Waals surface area (Å²) in [5.41, 5.74) is 5.55. The summed E-state index contributed by atoms with van der Waals surface area (Å²) in [4.78, 5) is 24.5. The number of hydrogen-bond acceptors (Lipinski definition) is 4. The van der Waals surface area contributed by atoms with Gasteiger partial charge in [-0.15, -0.1) is 11.3 Å². The van der Waals surface area contributed by atoms with Crippen LogP contribution in [0.3, 0.4) is 0 Å². The Labute approximate surface area is 138 Å². The molecule has 1 aromatic carbocycles. The Kier molecular flexibility index (Phi) is 3.60. The van der Waals surface area contributed by atoms with Gasteiger partial charge in [0.2, 0.25) is 11.7 Å². The molecule has 2 heterocycles. The SMILES string of the molecule is NC(=O)n1c(O)c(C(=O)c2ccc(Cl)s2)c2cc(Cl)ccc21. The first-order valence-corrected chi connectivity index (χ1v) is 7.60. The van der Waals surface area contributed by atoms with E-state index in [1.165, 1.54) is 12.1 Å². The maximum absolute atomic E-state index is 12.6. The van der Waals surface area contributed by atoms with E-state index in [0.717, 1.165) is 15.9 Å². The van der Waals surface area contributed by atoms with E-state index in [1.807, 2.05) is 0 Å². The lowest BCUT2D eigenvalue weighted by atomic mass is 10.1. The van der Waals surface area contributed by atoms with Crippen LogP contribution in [0.15, 0.2) is 30.3 Å². The second-order valence-corrected chi connectivity index (χ2v) is 6.62. The highest BCUT2D eigenvalue weighted by molar-refractivity contribution is 7.18. The Hall–Kier alpha value is -2.02. The summed E-state index contributed by atoms with van der Waals surface area (Å²) >= 11 is 12.9. The molecule has 8 heteroatoms. The van der Waals surface area contributed by atoms with Gasteiger partial charge in [0.1, 0.15) is 0 Å². The molecule has 0 saturated carbocycles. The van der Waals surface area contributed by atoms with Crippen LogP contribution in [0.25, 0.3) is 10.9 Å². The van der Waals surface area contributed by atoms with Crippen molar-refractivity contribution in [3.8, 4) is 5.88 Å². The van der Waals surface area contributed by atoms with Gasteiger partial charge in [-0.2, -0.15) is 0 Å². The second kappa shape index (κ2) is 5.31. The lowest BCUT2D eigenvalue weighted by Gasteiger charge is -2.00. The normalized spacial score (nSPS) is 11.0. The van der Waals surface area contributed by atoms with Gasteiger partial charge in [-0.05, 0) is 30.3 Å². The van der Waals surface area contributed by atoms with Crippen LogP contribution in [0.2, 0.25) is 9.36 Å². The minimum Gasteiger partial charge on any atom is -0.494 e. The summed E-state index contributed by atoms with van der Waals surface area (Å²) in [5.74, 6) is -0.971. The summed E-state index contributed by atoms with van der Waals surface area (Å²) in [6.45, 7) is 0. The summed E-state index contributed by atoms with van der Waals surface area (Å²) in [5, 5.41) is 11.0. The van der Waals surface area contributed by atoms with Gasteiger partial charge in [-0.3, -0.25) is 4.79 Å². The Morgan fingerprint density at radius 2 is 1.91 bits per heavy atom. The van der Waals surface area contributed by atoms with E-state index in [1.54, 1.807) is 18.2 Å². The Morgan fingerprint density at radius 1 is 1.18 bits per heavy atom. The third-order valence-electron chi connectivity index (χ3n) is 3.15. The van der Waals surface area contributed by atoms with Crippen LogP contribution in [-0.2, 0) is 0 Å². The van der Waals surface area contributed by atoms with Crippen molar-refractivity contribution in [2.24, 2.45) is 5.73 Å². The van der Waals surface area contributed by atoms with E-state index >= 15 is 0 Å². The quantitative estimate of drug-likeness (QED) is 0.684. The summed E-state index contributed by atoms with van der Waals surface area (Å²) in [6.07, 6.45) is 0. The smallest absolute Gasteiger partial charge is 0.326 e. The lowest BCUT2D eigenvalue weighted by molar-refractivity contribution is 0.104. The molecule has 0 spiro atoms. The predicted octanol–water partition coefficient (Wildman–Crippen LogP) is 3.87. The molecule has 3 rings (SSSR count). The number of aromatic hydroxyl groups is 1. The van der Waals surface area contributed by atoms with Crippen LogP contribution in [0.4, 0.5) is 4.79 Å². The van der Waals surface area contributed by atoms with Crippen molar-refractivity contribution in [1.29, 1.82) is 0 Å². The molecular formula is C14H8Cl2N2O3S. The molecule has 0 aliphatic rings. The fraction of sp³-hybridized carbons (Fsp3) is 0. The lowest BCUT2D eigenvalue weighted by Crippen LogP contribution is -2.18. The van der Waals surface area contributed by atoms with Gasteiger partial charge in [0.05, 0.1) is 20.3 Å². The molecule has 0 bridgehead atoms. The van der Waals surface area contributed by atoms with Crippen molar-refractivity contribution in [3.63, 3.8) is 0 Å². The molecule has 3 aromatic rings. The molecule has 22 heavy (non-hydrogen) atoms. The molecule has 5 nitrogen and oxygen atoms in total. The van der Waals surface area contributed by atoms with E-state index in [0.29, 0.717) is 25.1 Å². The van der Waals surface area contributed by atoms with Crippen molar-refractivity contribution >= 4 is 57.3 Å². The number of fused-ring (bicyclic) bond motifs is 1. The van der Waals surface area contributed by atoms with E-state index < -0.39 is 17.7 Å². The molecule has 0 unspecified atom stereocenters. The zero-order chi connectivity index (χ0) is 16.0. The van der Waals surface area contributed by atoms with Gasteiger partial charge in [0.15, 0.2) is 0 Å². The number of aromatic nitrogens is 1. The maximum Gasteiger partial charge on any atom is 0.326 e. The number of rotatable bonds is 2. The summed E-state index contributed by atoms with van der Waals surface area (Å²) < 4.78 is 1.31. The number of ketones is 1. The van der Waals surface area contributed by atoms with Crippen molar-refractivity contribution < 1.29 is 14.7 Å². The number of carbonyl (C=O) groups is 2. The fourth-order valence-electron chi connectivity index (χ4n) is 2.26. The highest BCUT2D eigenvalue weighted by Crippen LogP contribution is 2.36. The molecular weight excluding hydrogens is 347 g/mol. The highest BCUT2D eigenvalue weighted by atomic mass is 35.5. The van der Waals surface area contributed by atoms with E-state index in [2.05, 4.69) is 0 Å². The number of thiophene rings is 1. The van der Waals surface area contributed by atoms with Crippen molar-refractivity contribution in [1.82, 2.24) is 4.57 Å². The van der Waals surface area contributed by atoms with Gasteiger partial charge >= 0.3 is 6.03 Å². The van der Waals surface area contributed by atoms with Crippen molar-refractivity contribution in [2.75, 3.05) is 0 Å². The highest BCUT2D eigenvalue weighted by Gasteiger charge is 2.26. The molecule has 0 saturated heterocycles. The van der Waals surface area contributed by atoms with Gasteiger partial charge in [0.25, 0.3) is 0 Å². The van der Waals surface area contributed by atoms with Crippen LogP contribution < -0.4 is 5.73 Å². The largest absolute Gasteiger partial charge is 0.494 e. The van der Waals surface area contributed by atoms with Crippen LogP contribution in [0.1, 0.15) is 15.2 Å². The predicted molar refractivity (Wildman–Crippen MR) is 86.4 cm³/mol. The van der Waals surface area contributed by atoms with Crippen LogP contribution >= 0.6 is 34.5 Å². The molecule has 1 amide bonds. The number of hydrogen-bond donors (Lipinski definition) is 2. The standard InChI is InChI=1S/C14H8Cl2N2O3S/c15-6-1-2-8-7(5-6)11(13(20)18(8)14(17)21)12(19)9-3-4-10(16)22-9/h1-5,20H,(H2,17,21). The zero-order valence-electron chi connectivity index (χ0n) is 10.8. The average molecular weight is 355 g/mol. The van der Waals surface area contributed by atoms with Gasteiger partial charge in [0, 0.05) is 10.4 Å². The average Bonchev–Trinajstić information content (AvgIpc) is 2.98. The Balaban J connectivity index is 2.33. The van der Waals surface area contributed by atoms with Crippen LogP contribution in [0.5, 0.6) is 5.88 Å². The Bertz CT molecular complexity index is 930. The van der Waals surface area contributed by atoms with Gasteiger partial charge in [-0.25, -0.2) is 9.36 Å². The monoisotopic (exact) mass is 354 g/mol. The van der Waals surface area contributed by atoms with Crippen LogP contribution in [-0.4, -0.2) is 21.5 Å². The number of benzene rings is 1. The fourth-order valence-corrected chi connectivity index (χ4v) is 3.42. The number of nitrogens with two attached hydrogens (primary N) is 1. The minimum absolute atomic E-state index is 0.0326. The molecule has 3 N–H and O–H groups in total. The molecule has 0 aliphatic heterocycles. The van der Waals surface area contributed by atoms with Crippen LogP contribution in [0, 0.1) is 0 Å². The first-order valence-electron chi connectivity index (χ1n) is 6.03. The number of carbonyl (C=O) groups excluding carboxylic acids is 2. The molecule has 2 aromatic heterocycles. The molecule has 0 radical (unpaired) electrons. The van der Waals surface area contributed by atoms with Crippen molar-refractivity contribution in [2.45, 2.75) is 0 Å². The van der Waals surface area contributed by atoms with Gasteiger partial charge in [-0.1, -0.05) is 23.2 Å². The number of primary amides is 1. The first-order chi connectivity index (χ1) is 10.4. The third-order valence-corrected chi connectivity index (χ3v) is 4.61. The topological polar surface area (TPSA) is 85.3 Å². The van der Waals surface area contributed by atoms with E-state index in [9.17, 15) is 14.7 Å². The maximum atomic E-state index is 12.6. The molecule has 0 aliphatic carbocycles. The zero-order valence-corrected chi connectivity index (χ0v) is 13.2. The number of nitrogens with zero attached hydrogens (tertiary/aromatic N) is 1. The van der Waals surface area contributed by atoms with Crippen molar-refractivity contribution in [3.05, 3.63) is 50.1 Å². The number of amides is 1. The minimum atomic E-state index is -0.895. The molecule has 0 atom stereocenters.